The Kier molecular flexibility index (Phi) is 6.43. The normalized spacial score (nSPS) is 16.1. The number of nitrogens with zero attached hydrogens (tertiary/aromatic N) is 3. The van der Waals surface area contributed by atoms with Crippen LogP contribution >= 0.6 is 22.9 Å². The summed E-state index contributed by atoms with van der Waals surface area (Å²) in [6.07, 6.45) is 1.69. The molecule has 0 radical (unpaired) electrons. The predicted molar refractivity (Wildman–Crippen MR) is 118 cm³/mol. The van der Waals surface area contributed by atoms with E-state index in [9.17, 15) is 14.0 Å². The van der Waals surface area contributed by atoms with Crippen LogP contribution in [0.3, 0.4) is 0 Å². The van der Waals surface area contributed by atoms with Crippen molar-refractivity contribution in [2.75, 3.05) is 23.7 Å². The summed E-state index contributed by atoms with van der Waals surface area (Å²) in [6, 6.07) is 12.2. The lowest BCUT2D eigenvalue weighted by molar-refractivity contribution is 0.102. The molecule has 1 atom stereocenters. The molecule has 1 unspecified atom stereocenters. The third kappa shape index (κ3) is 5.36. The average Bonchev–Trinajstić information content (AvgIpc) is 3.28. The molecule has 2 aromatic carbocycles. The van der Waals surface area contributed by atoms with Crippen molar-refractivity contribution in [3.05, 3.63) is 69.4 Å². The monoisotopic (exact) mass is 459 g/mol. The van der Waals surface area contributed by atoms with Gasteiger partial charge in [0.25, 0.3) is 5.91 Å². The zero-order chi connectivity index (χ0) is 21.8. The van der Waals surface area contributed by atoms with Crippen molar-refractivity contribution in [2.24, 2.45) is 0 Å². The van der Waals surface area contributed by atoms with Crippen molar-refractivity contribution in [1.82, 2.24) is 15.1 Å². The molecule has 2 N–H and O–H groups in total. The van der Waals surface area contributed by atoms with E-state index in [0.29, 0.717) is 34.5 Å². The first-order valence-corrected chi connectivity index (χ1v) is 10.9. The summed E-state index contributed by atoms with van der Waals surface area (Å²) in [4.78, 5) is 26.8. The van der Waals surface area contributed by atoms with Gasteiger partial charge in [-0.1, -0.05) is 22.9 Å². The Balaban J connectivity index is 1.37. The number of urea groups is 1. The number of carbonyl (C=O) groups is 2. The lowest BCUT2D eigenvalue weighted by atomic mass is 9.99. The minimum absolute atomic E-state index is 0.00888. The molecular formula is C21H19ClFN5O2S. The van der Waals surface area contributed by atoms with Gasteiger partial charge in [-0.15, -0.1) is 10.2 Å². The van der Waals surface area contributed by atoms with Crippen LogP contribution in [-0.2, 0) is 0 Å². The Morgan fingerprint density at radius 2 is 1.71 bits per heavy atom. The predicted octanol–water partition coefficient (Wildman–Crippen LogP) is 4.99. The smallest absolute Gasteiger partial charge is 0.321 e. The molecule has 3 aromatic rings. The van der Waals surface area contributed by atoms with Crippen LogP contribution in [-0.4, -0.2) is 40.1 Å². The lowest BCUT2D eigenvalue weighted by Gasteiger charge is -2.31. The van der Waals surface area contributed by atoms with Crippen LogP contribution < -0.4 is 10.6 Å². The van der Waals surface area contributed by atoms with Crippen molar-refractivity contribution < 1.29 is 14.0 Å². The summed E-state index contributed by atoms with van der Waals surface area (Å²) >= 11 is 7.09. The molecule has 160 valence electrons. The van der Waals surface area contributed by atoms with Crippen molar-refractivity contribution in [3.63, 3.8) is 0 Å². The zero-order valence-corrected chi connectivity index (χ0v) is 17.9. The highest BCUT2D eigenvalue weighted by molar-refractivity contribution is 7.13. The van der Waals surface area contributed by atoms with Gasteiger partial charge in [0.2, 0.25) is 5.01 Å². The standard InChI is InChI=1S/C21H19ClFN5O2S/c22-14-3-7-17(8-4-14)25-21(30)28-11-1-2-13(12-28)19-26-27-20(31-19)18(29)24-16-9-5-15(23)6-10-16/h3-10,13H,1-2,11-12H2,(H,24,29)(H,25,30). The molecular weight excluding hydrogens is 441 g/mol. The molecule has 31 heavy (non-hydrogen) atoms. The summed E-state index contributed by atoms with van der Waals surface area (Å²) in [5, 5.41) is 15.3. The summed E-state index contributed by atoms with van der Waals surface area (Å²) in [6.45, 7) is 1.14. The molecule has 1 aromatic heterocycles. The van der Waals surface area contributed by atoms with Crippen LogP contribution in [0.4, 0.5) is 20.6 Å². The van der Waals surface area contributed by atoms with E-state index >= 15 is 0 Å². The summed E-state index contributed by atoms with van der Waals surface area (Å²) in [5.74, 6) is -0.767. The van der Waals surface area contributed by atoms with Gasteiger partial charge in [0.1, 0.15) is 10.8 Å². The second-order valence-electron chi connectivity index (χ2n) is 7.13. The van der Waals surface area contributed by atoms with Crippen molar-refractivity contribution in [1.29, 1.82) is 0 Å². The molecule has 4 rings (SSSR count). The van der Waals surface area contributed by atoms with E-state index < -0.39 is 5.91 Å². The number of nitrogens with one attached hydrogen (secondary N) is 2. The van der Waals surface area contributed by atoms with Gasteiger partial charge >= 0.3 is 6.03 Å². The maximum Gasteiger partial charge on any atom is 0.321 e. The molecule has 10 heteroatoms. The van der Waals surface area contributed by atoms with Crippen LogP contribution in [0.25, 0.3) is 0 Å². The summed E-state index contributed by atoms with van der Waals surface area (Å²) in [7, 11) is 0. The lowest BCUT2D eigenvalue weighted by Crippen LogP contribution is -2.41. The number of benzene rings is 2. The second-order valence-corrected chi connectivity index (χ2v) is 8.57. The number of hydrogen-bond acceptors (Lipinski definition) is 5. The Bertz CT molecular complexity index is 1070. The van der Waals surface area contributed by atoms with Gasteiger partial charge in [0.15, 0.2) is 0 Å². The Morgan fingerprint density at radius 1 is 1.03 bits per heavy atom. The first-order valence-electron chi connectivity index (χ1n) is 9.70. The van der Waals surface area contributed by atoms with Crippen molar-refractivity contribution >= 4 is 46.3 Å². The zero-order valence-electron chi connectivity index (χ0n) is 16.3. The Morgan fingerprint density at radius 3 is 2.45 bits per heavy atom. The van der Waals surface area contributed by atoms with Crippen molar-refractivity contribution in [3.8, 4) is 0 Å². The molecule has 1 aliphatic rings. The average molecular weight is 460 g/mol. The molecule has 3 amide bonds. The fraction of sp³-hybridized carbons (Fsp3) is 0.238. The first-order chi connectivity index (χ1) is 15.0. The molecule has 1 saturated heterocycles. The van der Waals surface area contributed by atoms with Crippen molar-refractivity contribution in [2.45, 2.75) is 18.8 Å². The minimum atomic E-state index is -0.400. The fourth-order valence-corrected chi connectivity index (χ4v) is 4.30. The molecule has 0 saturated carbocycles. The number of hydrogen-bond donors (Lipinski definition) is 2. The number of carbonyl (C=O) groups excluding carboxylic acids is 2. The largest absolute Gasteiger partial charge is 0.324 e. The van der Waals surface area contributed by atoms with Crippen LogP contribution in [0.5, 0.6) is 0 Å². The van der Waals surface area contributed by atoms with E-state index in [4.69, 9.17) is 11.6 Å². The third-order valence-electron chi connectivity index (χ3n) is 4.89. The van der Waals surface area contributed by atoms with Crippen LogP contribution in [0.2, 0.25) is 5.02 Å². The third-order valence-corrected chi connectivity index (χ3v) is 6.23. The van der Waals surface area contributed by atoms with Gasteiger partial charge in [-0.25, -0.2) is 9.18 Å². The summed E-state index contributed by atoms with van der Waals surface area (Å²) < 4.78 is 13.0. The molecule has 2 heterocycles. The highest BCUT2D eigenvalue weighted by Gasteiger charge is 2.28. The molecule has 0 spiro atoms. The summed E-state index contributed by atoms with van der Waals surface area (Å²) in [5.41, 5.74) is 1.15. The van der Waals surface area contributed by atoms with E-state index in [2.05, 4.69) is 20.8 Å². The van der Waals surface area contributed by atoms with E-state index in [1.807, 2.05) is 0 Å². The van der Waals surface area contributed by atoms with Gasteiger partial charge in [-0.2, -0.15) is 0 Å². The van der Waals surface area contributed by atoms with E-state index in [-0.39, 0.29) is 22.8 Å². The number of anilines is 2. The highest BCUT2D eigenvalue weighted by Crippen LogP contribution is 2.30. The fourth-order valence-electron chi connectivity index (χ4n) is 3.31. The number of rotatable bonds is 4. The van der Waals surface area contributed by atoms with Gasteiger partial charge in [-0.3, -0.25) is 4.79 Å². The second kappa shape index (κ2) is 9.40. The number of likely N-dealkylation sites (tertiary alicyclic amines) is 1. The Labute approximate surface area is 187 Å². The van der Waals surface area contributed by atoms with Gasteiger partial charge in [0.05, 0.1) is 0 Å². The maximum absolute atomic E-state index is 13.0. The van der Waals surface area contributed by atoms with Gasteiger partial charge in [0, 0.05) is 35.4 Å². The number of piperidine rings is 1. The molecule has 1 fully saturated rings. The molecule has 0 bridgehead atoms. The SMILES string of the molecule is O=C(Nc1ccc(F)cc1)c1nnc(C2CCCN(C(=O)Nc3ccc(Cl)cc3)C2)s1. The molecule has 1 aliphatic heterocycles. The van der Waals surface area contributed by atoms with Crippen LogP contribution in [0.15, 0.2) is 48.5 Å². The number of halogens is 2. The Hall–Kier alpha value is -3.04. The number of aromatic nitrogens is 2. The first kappa shape index (κ1) is 21.2. The van der Waals surface area contributed by atoms with Gasteiger partial charge < -0.3 is 15.5 Å². The van der Waals surface area contributed by atoms with E-state index in [1.54, 1.807) is 29.2 Å². The topological polar surface area (TPSA) is 87.2 Å². The quantitative estimate of drug-likeness (QED) is 0.575. The maximum atomic E-state index is 13.0. The van der Waals surface area contributed by atoms with Gasteiger partial charge in [-0.05, 0) is 61.4 Å². The van der Waals surface area contributed by atoms with E-state index in [0.717, 1.165) is 12.8 Å². The molecule has 7 nitrogen and oxygen atoms in total. The number of amides is 3. The minimum Gasteiger partial charge on any atom is -0.324 e. The molecule has 0 aliphatic carbocycles. The van der Waals surface area contributed by atoms with Crippen LogP contribution in [0.1, 0.15) is 33.6 Å². The van der Waals surface area contributed by atoms with Crippen LogP contribution in [0, 0.1) is 5.82 Å². The highest BCUT2D eigenvalue weighted by atomic mass is 35.5. The van der Waals surface area contributed by atoms with E-state index in [1.165, 1.54) is 35.6 Å².